The molecule has 2 fully saturated rings. The molecular weight excluding hydrogens is 248 g/mol. The summed E-state index contributed by atoms with van der Waals surface area (Å²) in [6.45, 7) is 5.44. The predicted octanol–water partition coefficient (Wildman–Crippen LogP) is 3.07. The first-order valence-electron chi connectivity index (χ1n) is 7.72. The van der Waals surface area contributed by atoms with E-state index in [1.165, 1.54) is 36.9 Å². The average molecular weight is 270 g/mol. The van der Waals surface area contributed by atoms with E-state index in [-0.39, 0.29) is 0 Å². The van der Waals surface area contributed by atoms with E-state index in [0.717, 1.165) is 35.3 Å². The molecular formula is C16H22N4. The summed E-state index contributed by atoms with van der Waals surface area (Å²) in [5.41, 5.74) is 9.62. The third-order valence-corrected chi connectivity index (χ3v) is 5.28. The number of aromatic nitrogens is 3. The zero-order valence-electron chi connectivity index (χ0n) is 12.3. The van der Waals surface area contributed by atoms with Crippen LogP contribution in [0.3, 0.4) is 0 Å². The molecule has 2 aromatic rings. The normalized spacial score (nSPS) is 19.1. The van der Waals surface area contributed by atoms with Gasteiger partial charge in [0.25, 0.3) is 0 Å². The molecule has 0 atom stereocenters. The van der Waals surface area contributed by atoms with Crippen molar-refractivity contribution in [1.82, 2.24) is 14.5 Å². The van der Waals surface area contributed by atoms with Crippen LogP contribution in [0.25, 0.3) is 11.0 Å². The maximum absolute atomic E-state index is 6.05. The molecule has 2 heterocycles. The van der Waals surface area contributed by atoms with Crippen molar-refractivity contribution in [3.05, 3.63) is 17.6 Å². The maximum Gasteiger partial charge on any atom is 0.145 e. The molecule has 0 spiro atoms. The largest absolute Gasteiger partial charge is 0.383 e. The zero-order chi connectivity index (χ0) is 13.9. The standard InChI is InChI=1S/C16H22N4/c1-9-10(2)20(16-14(9)15(17)18-8-19-16)7-13(11-3-4-11)12-5-6-12/h8,11-13H,3-7H2,1-2H3,(H2,17,18,19). The van der Waals surface area contributed by atoms with Gasteiger partial charge in [-0.2, -0.15) is 0 Å². The van der Waals surface area contributed by atoms with Crippen molar-refractivity contribution in [3.8, 4) is 0 Å². The van der Waals surface area contributed by atoms with Gasteiger partial charge in [0.1, 0.15) is 17.8 Å². The lowest BCUT2D eigenvalue weighted by atomic mass is 9.98. The van der Waals surface area contributed by atoms with Gasteiger partial charge in [0.2, 0.25) is 0 Å². The second-order valence-electron chi connectivity index (χ2n) is 6.62. The van der Waals surface area contributed by atoms with Crippen LogP contribution in [-0.2, 0) is 6.54 Å². The fraction of sp³-hybridized carbons (Fsp3) is 0.625. The monoisotopic (exact) mass is 270 g/mol. The minimum atomic E-state index is 0.615. The van der Waals surface area contributed by atoms with E-state index < -0.39 is 0 Å². The van der Waals surface area contributed by atoms with Gasteiger partial charge in [-0.15, -0.1) is 0 Å². The number of nitrogen functional groups attached to an aromatic ring is 1. The summed E-state index contributed by atoms with van der Waals surface area (Å²) >= 11 is 0. The van der Waals surface area contributed by atoms with Crippen molar-refractivity contribution in [2.24, 2.45) is 17.8 Å². The molecule has 2 N–H and O–H groups in total. The highest BCUT2D eigenvalue weighted by Crippen LogP contribution is 2.50. The van der Waals surface area contributed by atoms with Crippen LogP contribution in [0.1, 0.15) is 36.9 Å². The molecule has 2 aliphatic carbocycles. The molecule has 0 bridgehead atoms. The van der Waals surface area contributed by atoms with Crippen molar-refractivity contribution in [3.63, 3.8) is 0 Å². The summed E-state index contributed by atoms with van der Waals surface area (Å²) in [6.07, 6.45) is 7.30. The van der Waals surface area contributed by atoms with Gasteiger partial charge in [-0.1, -0.05) is 0 Å². The van der Waals surface area contributed by atoms with Crippen LogP contribution >= 0.6 is 0 Å². The second kappa shape index (κ2) is 4.21. The number of fused-ring (bicyclic) bond motifs is 1. The lowest BCUT2D eigenvalue weighted by Gasteiger charge is -2.18. The molecule has 0 saturated heterocycles. The number of nitrogens with two attached hydrogens (primary N) is 1. The minimum absolute atomic E-state index is 0.615. The fourth-order valence-corrected chi connectivity index (χ4v) is 3.66. The second-order valence-corrected chi connectivity index (χ2v) is 6.62. The van der Waals surface area contributed by atoms with Crippen molar-refractivity contribution < 1.29 is 0 Å². The van der Waals surface area contributed by atoms with E-state index in [9.17, 15) is 0 Å². The van der Waals surface area contributed by atoms with E-state index in [1.54, 1.807) is 6.33 Å². The molecule has 2 saturated carbocycles. The van der Waals surface area contributed by atoms with Crippen molar-refractivity contribution in [2.75, 3.05) is 5.73 Å². The predicted molar refractivity (Wildman–Crippen MR) is 80.4 cm³/mol. The van der Waals surface area contributed by atoms with Crippen LogP contribution in [0.4, 0.5) is 5.82 Å². The molecule has 0 unspecified atom stereocenters. The molecule has 2 aromatic heterocycles. The lowest BCUT2D eigenvalue weighted by molar-refractivity contribution is 0.350. The van der Waals surface area contributed by atoms with Crippen LogP contribution in [0.15, 0.2) is 6.33 Å². The Bertz CT molecular complexity index is 653. The Morgan fingerprint density at radius 2 is 1.85 bits per heavy atom. The van der Waals surface area contributed by atoms with Crippen molar-refractivity contribution >= 4 is 16.9 Å². The number of anilines is 1. The Kier molecular flexibility index (Phi) is 2.56. The highest BCUT2D eigenvalue weighted by atomic mass is 15.1. The van der Waals surface area contributed by atoms with Gasteiger partial charge in [-0.25, -0.2) is 9.97 Å². The van der Waals surface area contributed by atoms with Crippen LogP contribution in [0.2, 0.25) is 0 Å². The molecule has 4 heteroatoms. The fourth-order valence-electron chi connectivity index (χ4n) is 3.66. The van der Waals surface area contributed by atoms with Gasteiger partial charge in [0, 0.05) is 12.2 Å². The quantitative estimate of drug-likeness (QED) is 0.929. The van der Waals surface area contributed by atoms with Crippen LogP contribution in [0.5, 0.6) is 0 Å². The summed E-state index contributed by atoms with van der Waals surface area (Å²) in [5, 5.41) is 1.05. The van der Waals surface area contributed by atoms with Gasteiger partial charge < -0.3 is 10.3 Å². The summed E-state index contributed by atoms with van der Waals surface area (Å²) in [5.74, 6) is 3.38. The minimum Gasteiger partial charge on any atom is -0.383 e. The summed E-state index contributed by atoms with van der Waals surface area (Å²) < 4.78 is 2.39. The molecule has 0 aliphatic heterocycles. The number of hydrogen-bond acceptors (Lipinski definition) is 3. The van der Waals surface area contributed by atoms with Gasteiger partial charge in [0.15, 0.2) is 0 Å². The number of nitrogens with zero attached hydrogens (tertiary/aromatic N) is 3. The molecule has 20 heavy (non-hydrogen) atoms. The van der Waals surface area contributed by atoms with Gasteiger partial charge in [0.05, 0.1) is 5.39 Å². The van der Waals surface area contributed by atoms with Crippen molar-refractivity contribution in [1.29, 1.82) is 0 Å². The highest BCUT2D eigenvalue weighted by Gasteiger charge is 2.41. The topological polar surface area (TPSA) is 56.7 Å². The lowest BCUT2D eigenvalue weighted by Crippen LogP contribution is -2.16. The molecule has 4 rings (SSSR count). The van der Waals surface area contributed by atoms with Gasteiger partial charge in [-0.05, 0) is 62.8 Å². The number of aryl methyl sites for hydroxylation is 1. The van der Waals surface area contributed by atoms with Crippen LogP contribution < -0.4 is 5.73 Å². The first-order valence-corrected chi connectivity index (χ1v) is 7.72. The Morgan fingerprint density at radius 1 is 1.20 bits per heavy atom. The third-order valence-electron chi connectivity index (χ3n) is 5.28. The average Bonchev–Trinajstić information content (AvgIpc) is 3.31. The molecule has 0 amide bonds. The van der Waals surface area contributed by atoms with E-state index in [0.29, 0.717) is 5.82 Å². The van der Waals surface area contributed by atoms with E-state index in [4.69, 9.17) is 5.73 Å². The SMILES string of the molecule is Cc1c(C)n(CC(C2CC2)C2CC2)c2ncnc(N)c12. The molecule has 2 aliphatic rings. The van der Waals surface area contributed by atoms with Crippen molar-refractivity contribution in [2.45, 2.75) is 46.1 Å². The Morgan fingerprint density at radius 3 is 2.45 bits per heavy atom. The van der Waals surface area contributed by atoms with Gasteiger partial charge in [-0.3, -0.25) is 0 Å². The first kappa shape index (κ1) is 12.2. The number of rotatable bonds is 4. The molecule has 0 radical (unpaired) electrons. The molecule has 4 nitrogen and oxygen atoms in total. The zero-order valence-corrected chi connectivity index (χ0v) is 12.3. The Labute approximate surface area is 119 Å². The Balaban J connectivity index is 1.78. The van der Waals surface area contributed by atoms with E-state index in [2.05, 4.69) is 28.4 Å². The summed E-state index contributed by atoms with van der Waals surface area (Å²) in [6, 6.07) is 0. The first-order chi connectivity index (χ1) is 9.66. The smallest absolute Gasteiger partial charge is 0.145 e. The summed E-state index contributed by atoms with van der Waals surface area (Å²) in [7, 11) is 0. The van der Waals surface area contributed by atoms with Gasteiger partial charge >= 0.3 is 0 Å². The maximum atomic E-state index is 6.05. The summed E-state index contributed by atoms with van der Waals surface area (Å²) in [4.78, 5) is 8.66. The molecule has 0 aromatic carbocycles. The number of hydrogen-bond donors (Lipinski definition) is 1. The van der Waals surface area contributed by atoms with Crippen LogP contribution in [0, 0.1) is 31.6 Å². The highest BCUT2D eigenvalue weighted by molar-refractivity contribution is 5.90. The van der Waals surface area contributed by atoms with E-state index >= 15 is 0 Å². The van der Waals surface area contributed by atoms with Crippen LogP contribution in [-0.4, -0.2) is 14.5 Å². The third kappa shape index (κ3) is 1.81. The Hall–Kier alpha value is -1.58. The molecule has 106 valence electrons. The van der Waals surface area contributed by atoms with E-state index in [1.807, 2.05) is 0 Å².